The van der Waals surface area contributed by atoms with Gasteiger partial charge in [0.15, 0.2) is 17.3 Å². The highest BCUT2D eigenvalue weighted by atomic mass is 19.1. The quantitative estimate of drug-likeness (QED) is 0.631. The average molecular weight is 353 g/mol. The van der Waals surface area contributed by atoms with Gasteiger partial charge in [-0.15, -0.1) is 0 Å². The summed E-state index contributed by atoms with van der Waals surface area (Å²) in [5.41, 5.74) is -0.841. The Hall–Kier alpha value is -2.44. The molecule has 0 bridgehead atoms. The van der Waals surface area contributed by atoms with Crippen molar-refractivity contribution in [1.29, 1.82) is 0 Å². The summed E-state index contributed by atoms with van der Waals surface area (Å²) in [5, 5.41) is 11.9. The van der Waals surface area contributed by atoms with E-state index in [1.54, 1.807) is 13.8 Å². The molecule has 6 nitrogen and oxygen atoms in total. The van der Waals surface area contributed by atoms with Gasteiger partial charge >= 0.3 is 5.97 Å². The maximum absolute atomic E-state index is 13.6. The highest BCUT2D eigenvalue weighted by Gasteiger charge is 2.35. The first kappa shape index (κ1) is 20.6. The van der Waals surface area contributed by atoms with Crippen LogP contribution in [0, 0.1) is 11.2 Å². The molecular formula is C18H24FNO5. The van der Waals surface area contributed by atoms with Crippen molar-refractivity contribution in [2.24, 2.45) is 5.41 Å². The van der Waals surface area contributed by atoms with E-state index in [2.05, 4.69) is 5.32 Å². The highest BCUT2D eigenvalue weighted by molar-refractivity contribution is 5.98. The Bertz CT molecular complexity index is 640. The molecule has 25 heavy (non-hydrogen) atoms. The number of carboxylic acid groups (broad SMARTS) is 1. The van der Waals surface area contributed by atoms with Crippen molar-refractivity contribution in [3.05, 3.63) is 29.6 Å². The second-order valence-corrected chi connectivity index (χ2v) is 5.84. The number of hydrogen-bond acceptors (Lipinski definition) is 4. The lowest BCUT2D eigenvalue weighted by Crippen LogP contribution is -2.42. The monoisotopic (exact) mass is 353 g/mol. The maximum Gasteiger partial charge on any atom is 0.311 e. The molecule has 0 aliphatic rings. The van der Waals surface area contributed by atoms with E-state index in [0.29, 0.717) is 12.8 Å². The molecule has 1 aromatic rings. The fourth-order valence-corrected chi connectivity index (χ4v) is 2.45. The Balaban J connectivity index is 2.57. The Labute approximate surface area is 146 Å². The number of hydrogen-bond donors (Lipinski definition) is 2. The summed E-state index contributed by atoms with van der Waals surface area (Å²) in [6.07, 6.45) is 0.609. The number of amides is 1. The lowest BCUT2D eigenvalue weighted by molar-refractivity contribution is -0.149. The minimum absolute atomic E-state index is 0.0134. The van der Waals surface area contributed by atoms with Crippen LogP contribution in [0.5, 0.6) is 5.75 Å². The van der Waals surface area contributed by atoms with E-state index in [4.69, 9.17) is 4.74 Å². The van der Waals surface area contributed by atoms with Crippen LogP contribution in [-0.2, 0) is 9.59 Å². The smallest absolute Gasteiger partial charge is 0.311 e. The summed E-state index contributed by atoms with van der Waals surface area (Å²) in [6.45, 7) is 3.52. The minimum Gasteiger partial charge on any atom is -0.494 e. The van der Waals surface area contributed by atoms with Crippen LogP contribution in [0.4, 0.5) is 4.39 Å². The van der Waals surface area contributed by atoms with Gasteiger partial charge in [-0.3, -0.25) is 14.4 Å². The number of carbonyl (C=O) groups is 3. The molecule has 138 valence electrons. The first-order valence-electron chi connectivity index (χ1n) is 8.16. The molecule has 0 aliphatic carbocycles. The maximum atomic E-state index is 13.6. The molecule has 1 aromatic carbocycles. The molecular weight excluding hydrogens is 329 g/mol. The Morgan fingerprint density at radius 3 is 2.32 bits per heavy atom. The number of Topliss-reactive ketones (excluding diaryl/α,β-unsaturated/α-hetero) is 1. The molecule has 0 radical (unpaired) electrons. The number of ketones is 1. The second-order valence-electron chi connectivity index (χ2n) is 5.84. The number of rotatable bonds is 10. The van der Waals surface area contributed by atoms with Crippen molar-refractivity contribution < 1.29 is 28.6 Å². The number of aliphatic carboxylic acids is 1. The Morgan fingerprint density at radius 2 is 1.84 bits per heavy atom. The Morgan fingerprint density at radius 1 is 1.20 bits per heavy atom. The van der Waals surface area contributed by atoms with E-state index < -0.39 is 23.1 Å². The fourth-order valence-electron chi connectivity index (χ4n) is 2.45. The highest BCUT2D eigenvalue weighted by Crippen LogP contribution is 2.25. The average Bonchev–Trinajstić information content (AvgIpc) is 2.60. The lowest BCUT2D eigenvalue weighted by atomic mass is 9.82. The minimum atomic E-state index is -1.00. The molecule has 0 heterocycles. The summed E-state index contributed by atoms with van der Waals surface area (Å²) in [4.78, 5) is 35.3. The summed E-state index contributed by atoms with van der Waals surface area (Å²) < 4.78 is 18.4. The first-order chi connectivity index (χ1) is 11.8. The molecule has 0 saturated carbocycles. The zero-order chi connectivity index (χ0) is 19.0. The van der Waals surface area contributed by atoms with E-state index in [-0.39, 0.29) is 36.5 Å². The zero-order valence-electron chi connectivity index (χ0n) is 14.7. The summed E-state index contributed by atoms with van der Waals surface area (Å²) in [5.74, 6) is -2.34. The van der Waals surface area contributed by atoms with Crippen molar-refractivity contribution in [3.8, 4) is 5.75 Å². The summed E-state index contributed by atoms with van der Waals surface area (Å²) in [6, 6.07) is 3.86. The van der Waals surface area contributed by atoms with Gasteiger partial charge in [0, 0.05) is 24.9 Å². The number of ether oxygens (including phenoxy) is 1. The van der Waals surface area contributed by atoms with Crippen LogP contribution >= 0.6 is 0 Å². The molecule has 0 aliphatic heterocycles. The van der Waals surface area contributed by atoms with Crippen molar-refractivity contribution in [3.63, 3.8) is 0 Å². The topological polar surface area (TPSA) is 92.7 Å². The molecule has 0 spiro atoms. The number of carboxylic acids is 1. The van der Waals surface area contributed by atoms with Crippen LogP contribution in [0.1, 0.15) is 49.9 Å². The predicted molar refractivity (Wildman–Crippen MR) is 90.2 cm³/mol. The number of methoxy groups -OCH3 is 1. The van der Waals surface area contributed by atoms with Crippen LogP contribution in [-0.4, -0.2) is 36.4 Å². The molecule has 0 unspecified atom stereocenters. The van der Waals surface area contributed by atoms with Gasteiger partial charge in [0.05, 0.1) is 12.5 Å². The third-order valence-corrected chi connectivity index (χ3v) is 4.48. The lowest BCUT2D eigenvalue weighted by Gasteiger charge is -2.26. The van der Waals surface area contributed by atoms with Gasteiger partial charge in [-0.05, 0) is 31.0 Å². The van der Waals surface area contributed by atoms with Gasteiger partial charge < -0.3 is 15.2 Å². The number of nitrogens with one attached hydrogen (secondary N) is 1. The predicted octanol–water partition coefficient (Wildman–Crippen LogP) is 2.80. The second kappa shape index (κ2) is 9.15. The third kappa shape index (κ3) is 5.27. The zero-order valence-corrected chi connectivity index (χ0v) is 14.7. The standard InChI is InChI=1S/C18H24FNO5/c1-4-18(5-2,17(23)24)11-20-16(22)9-7-14(21)12-6-8-15(25-3)13(19)10-12/h6,8,10H,4-5,7,9,11H2,1-3H3,(H,20,22)(H,23,24). The fraction of sp³-hybridized carbons (Fsp3) is 0.500. The third-order valence-electron chi connectivity index (χ3n) is 4.48. The molecule has 0 saturated heterocycles. The van der Waals surface area contributed by atoms with Crippen LogP contribution in [0.3, 0.4) is 0 Å². The number of halogens is 1. The van der Waals surface area contributed by atoms with E-state index in [0.717, 1.165) is 6.07 Å². The van der Waals surface area contributed by atoms with E-state index in [9.17, 15) is 23.9 Å². The summed E-state index contributed by atoms with van der Waals surface area (Å²) >= 11 is 0. The van der Waals surface area contributed by atoms with Gasteiger partial charge in [-0.25, -0.2) is 4.39 Å². The molecule has 2 N–H and O–H groups in total. The number of benzene rings is 1. The van der Waals surface area contributed by atoms with E-state index in [1.807, 2.05) is 0 Å². The van der Waals surface area contributed by atoms with E-state index >= 15 is 0 Å². The SMILES string of the molecule is CCC(CC)(CNC(=O)CCC(=O)c1ccc(OC)c(F)c1)C(=O)O. The largest absolute Gasteiger partial charge is 0.494 e. The van der Waals surface area contributed by atoms with Gasteiger partial charge in [-0.1, -0.05) is 13.8 Å². The number of carbonyl (C=O) groups excluding carboxylic acids is 2. The first-order valence-corrected chi connectivity index (χ1v) is 8.16. The normalized spacial score (nSPS) is 11.0. The van der Waals surface area contributed by atoms with Crippen LogP contribution in [0.15, 0.2) is 18.2 Å². The van der Waals surface area contributed by atoms with Gasteiger partial charge in [0.1, 0.15) is 0 Å². The van der Waals surface area contributed by atoms with Crippen LogP contribution in [0.25, 0.3) is 0 Å². The van der Waals surface area contributed by atoms with Crippen LogP contribution in [0.2, 0.25) is 0 Å². The van der Waals surface area contributed by atoms with Gasteiger partial charge in [0.2, 0.25) is 5.91 Å². The molecule has 1 amide bonds. The van der Waals surface area contributed by atoms with Crippen molar-refractivity contribution in [2.75, 3.05) is 13.7 Å². The van der Waals surface area contributed by atoms with Crippen LogP contribution < -0.4 is 10.1 Å². The van der Waals surface area contributed by atoms with Gasteiger partial charge in [-0.2, -0.15) is 0 Å². The Kier molecular flexibility index (Phi) is 7.54. The van der Waals surface area contributed by atoms with E-state index in [1.165, 1.54) is 19.2 Å². The molecule has 0 fully saturated rings. The van der Waals surface area contributed by atoms with Crippen molar-refractivity contribution in [1.82, 2.24) is 5.32 Å². The molecule has 1 rings (SSSR count). The molecule has 0 atom stereocenters. The van der Waals surface area contributed by atoms with Gasteiger partial charge in [0.25, 0.3) is 0 Å². The summed E-state index contributed by atoms with van der Waals surface area (Å²) in [7, 11) is 1.33. The molecule has 7 heteroatoms. The van der Waals surface area contributed by atoms with Crippen molar-refractivity contribution >= 4 is 17.7 Å². The van der Waals surface area contributed by atoms with Crippen molar-refractivity contribution in [2.45, 2.75) is 39.5 Å². The molecule has 0 aromatic heterocycles.